The molecule has 0 aromatic heterocycles. The Morgan fingerprint density at radius 1 is 0.878 bits per heavy atom. The predicted molar refractivity (Wildman–Crippen MR) is 166 cm³/mol. The first kappa shape index (κ1) is 34.8. The molecular weight excluding hydrogens is 514 g/mol. The van der Waals surface area contributed by atoms with Crippen LogP contribution in [0.5, 0.6) is 0 Å². The Balaban J connectivity index is 0.000000288. The molecule has 3 unspecified atom stereocenters. The summed E-state index contributed by atoms with van der Waals surface area (Å²) in [6.45, 7) is 2.05. The number of nitrogens with zero attached hydrogens (tertiary/aromatic N) is 1. The standard InChI is InChI=1S/C18H32O2.C17H23NO3/c1-2-3-4-5-6-7-8-9-10-11-12-13-14-15-16-17-18(19)20;1-18-13-7-8-14(18)10-15(9-13)21-17(20)16(11-19)12-5-3-2-4-6-12/h2-11,14-17H2,1H3,(H,19,20);2-6,13-16,19H,7-11H2,1H3. The van der Waals surface area contributed by atoms with E-state index in [4.69, 9.17) is 9.84 Å². The number of piperidine rings is 1. The summed E-state index contributed by atoms with van der Waals surface area (Å²) in [5.74, 6) is 4.78. The first-order chi connectivity index (χ1) is 20.0. The van der Waals surface area contributed by atoms with Crippen LogP contribution in [0.25, 0.3) is 0 Å². The van der Waals surface area contributed by atoms with E-state index >= 15 is 0 Å². The van der Waals surface area contributed by atoms with Crippen molar-refractivity contribution in [2.75, 3.05) is 13.7 Å². The second-order valence-electron chi connectivity index (χ2n) is 11.8. The van der Waals surface area contributed by atoms with Crippen LogP contribution in [0.2, 0.25) is 0 Å². The van der Waals surface area contributed by atoms with Gasteiger partial charge in [-0.25, -0.2) is 0 Å². The van der Waals surface area contributed by atoms with Crippen LogP contribution in [0, 0.1) is 11.8 Å². The minimum Gasteiger partial charge on any atom is -0.481 e. The minimum atomic E-state index is -0.701. The Bertz CT molecular complexity index is 894. The first-order valence-electron chi connectivity index (χ1n) is 16.2. The van der Waals surface area contributed by atoms with Crippen molar-refractivity contribution in [3.8, 4) is 11.8 Å². The largest absolute Gasteiger partial charge is 0.481 e. The van der Waals surface area contributed by atoms with Gasteiger partial charge in [-0.2, -0.15) is 0 Å². The Morgan fingerprint density at radius 3 is 1.95 bits per heavy atom. The predicted octanol–water partition coefficient (Wildman–Crippen LogP) is 7.49. The summed E-state index contributed by atoms with van der Waals surface area (Å²) in [5.41, 5.74) is 0.820. The van der Waals surface area contributed by atoms with Crippen LogP contribution in [-0.4, -0.2) is 58.9 Å². The normalized spacial score (nSPS) is 20.3. The fourth-order valence-corrected chi connectivity index (χ4v) is 5.90. The van der Waals surface area contributed by atoms with Crippen LogP contribution in [0.3, 0.4) is 0 Å². The van der Waals surface area contributed by atoms with Gasteiger partial charge in [-0.05, 0) is 57.6 Å². The summed E-state index contributed by atoms with van der Waals surface area (Å²) in [5, 5.41) is 18.0. The molecule has 2 saturated heterocycles. The number of esters is 1. The lowest BCUT2D eigenvalue weighted by Crippen LogP contribution is -2.43. The summed E-state index contributed by atoms with van der Waals surface area (Å²) in [6, 6.07) is 10.5. The average molecular weight is 570 g/mol. The van der Waals surface area contributed by atoms with E-state index in [0.29, 0.717) is 12.1 Å². The molecule has 3 atom stereocenters. The third-order valence-corrected chi connectivity index (χ3v) is 8.48. The van der Waals surface area contributed by atoms with Gasteiger partial charge in [-0.1, -0.05) is 88.6 Å². The van der Waals surface area contributed by atoms with Crippen molar-refractivity contribution < 1.29 is 24.5 Å². The molecule has 6 nitrogen and oxygen atoms in total. The van der Waals surface area contributed by atoms with Crippen LogP contribution in [0.4, 0.5) is 0 Å². The molecule has 0 amide bonds. The number of aliphatic carboxylic acids is 1. The highest BCUT2D eigenvalue weighted by molar-refractivity contribution is 5.78. The molecule has 2 fully saturated rings. The Labute approximate surface area is 249 Å². The van der Waals surface area contributed by atoms with Gasteiger partial charge in [-0.15, -0.1) is 11.8 Å². The molecule has 230 valence electrons. The molecule has 2 aliphatic heterocycles. The van der Waals surface area contributed by atoms with Crippen molar-refractivity contribution in [1.82, 2.24) is 4.90 Å². The summed E-state index contributed by atoms with van der Waals surface area (Å²) >= 11 is 0. The van der Waals surface area contributed by atoms with Crippen LogP contribution < -0.4 is 0 Å². The number of rotatable bonds is 17. The van der Waals surface area contributed by atoms with Crippen molar-refractivity contribution in [3.63, 3.8) is 0 Å². The van der Waals surface area contributed by atoms with Crippen molar-refractivity contribution in [3.05, 3.63) is 35.9 Å². The number of carbonyl (C=O) groups is 2. The third-order valence-electron chi connectivity index (χ3n) is 8.48. The van der Waals surface area contributed by atoms with Gasteiger partial charge < -0.3 is 19.8 Å². The van der Waals surface area contributed by atoms with Crippen molar-refractivity contribution in [1.29, 1.82) is 0 Å². The van der Waals surface area contributed by atoms with E-state index in [1.807, 2.05) is 30.3 Å². The second kappa shape index (κ2) is 21.4. The van der Waals surface area contributed by atoms with Crippen LogP contribution in [0.15, 0.2) is 30.3 Å². The molecule has 0 radical (unpaired) electrons. The lowest BCUT2D eigenvalue weighted by molar-refractivity contribution is -0.155. The number of fused-ring (bicyclic) bond motifs is 2. The van der Waals surface area contributed by atoms with E-state index in [0.717, 1.165) is 44.1 Å². The smallest absolute Gasteiger partial charge is 0.316 e. The number of carboxylic acid groups (broad SMARTS) is 1. The lowest BCUT2D eigenvalue weighted by atomic mass is 9.98. The fraction of sp³-hybridized carbons (Fsp3) is 0.714. The van der Waals surface area contributed by atoms with Crippen LogP contribution in [0.1, 0.15) is 134 Å². The quantitative estimate of drug-likeness (QED) is 0.115. The van der Waals surface area contributed by atoms with Crippen LogP contribution in [-0.2, 0) is 14.3 Å². The van der Waals surface area contributed by atoms with E-state index in [1.165, 1.54) is 70.6 Å². The number of hydrogen-bond acceptors (Lipinski definition) is 5. The van der Waals surface area contributed by atoms with Crippen LogP contribution >= 0.6 is 0 Å². The lowest BCUT2D eigenvalue weighted by Gasteiger charge is -2.36. The summed E-state index contributed by atoms with van der Waals surface area (Å²) in [4.78, 5) is 25.1. The van der Waals surface area contributed by atoms with Gasteiger partial charge in [0.15, 0.2) is 0 Å². The van der Waals surface area contributed by atoms with Crippen molar-refractivity contribution >= 4 is 11.9 Å². The molecule has 1 aromatic carbocycles. The molecular formula is C35H55NO5. The van der Waals surface area contributed by atoms with Gasteiger partial charge in [0, 0.05) is 31.3 Å². The van der Waals surface area contributed by atoms with E-state index < -0.39 is 11.9 Å². The first-order valence-corrected chi connectivity index (χ1v) is 16.2. The molecule has 0 saturated carbocycles. The highest BCUT2D eigenvalue weighted by Gasteiger charge is 2.40. The number of aliphatic hydroxyl groups excluding tert-OH is 1. The van der Waals surface area contributed by atoms with Gasteiger partial charge in [0.05, 0.1) is 6.61 Å². The maximum Gasteiger partial charge on any atom is 0.316 e. The maximum absolute atomic E-state index is 12.4. The number of unbranched alkanes of at least 4 members (excludes halogenated alkanes) is 11. The van der Waals surface area contributed by atoms with Gasteiger partial charge in [0.25, 0.3) is 0 Å². The number of carbonyl (C=O) groups excluding carboxylic acids is 1. The highest BCUT2D eigenvalue weighted by atomic mass is 16.5. The van der Waals surface area contributed by atoms with Crippen molar-refractivity contribution in [2.24, 2.45) is 0 Å². The second-order valence-corrected chi connectivity index (χ2v) is 11.8. The molecule has 2 heterocycles. The van der Waals surface area contributed by atoms with E-state index in [9.17, 15) is 14.7 Å². The maximum atomic E-state index is 12.4. The molecule has 2 aliphatic rings. The monoisotopic (exact) mass is 569 g/mol. The number of ether oxygens (including phenoxy) is 1. The van der Waals surface area contributed by atoms with E-state index in [2.05, 4.69) is 30.7 Å². The molecule has 41 heavy (non-hydrogen) atoms. The topological polar surface area (TPSA) is 87.1 Å². The molecule has 6 heteroatoms. The molecule has 2 bridgehead atoms. The van der Waals surface area contributed by atoms with E-state index in [1.54, 1.807) is 0 Å². The summed E-state index contributed by atoms with van der Waals surface area (Å²) in [7, 11) is 2.17. The molecule has 3 rings (SSSR count). The number of benzene rings is 1. The summed E-state index contributed by atoms with van der Waals surface area (Å²) in [6.07, 6.45) is 20.3. The molecule has 2 N–H and O–H groups in total. The molecule has 0 spiro atoms. The van der Waals surface area contributed by atoms with Gasteiger partial charge in [0.2, 0.25) is 0 Å². The number of aliphatic hydroxyl groups is 1. The highest BCUT2D eigenvalue weighted by Crippen LogP contribution is 2.36. The van der Waals surface area contributed by atoms with Crippen molar-refractivity contribution in [2.45, 2.75) is 147 Å². The summed E-state index contributed by atoms with van der Waals surface area (Å²) < 4.78 is 5.70. The zero-order valence-corrected chi connectivity index (χ0v) is 25.7. The zero-order valence-electron chi connectivity index (χ0n) is 25.7. The van der Waals surface area contributed by atoms with Gasteiger partial charge in [0.1, 0.15) is 12.0 Å². The fourth-order valence-electron chi connectivity index (χ4n) is 5.90. The zero-order chi connectivity index (χ0) is 29.7. The third kappa shape index (κ3) is 14.4. The van der Waals surface area contributed by atoms with E-state index in [-0.39, 0.29) is 25.1 Å². The average Bonchev–Trinajstić information content (AvgIpc) is 3.16. The van der Waals surface area contributed by atoms with Gasteiger partial charge >= 0.3 is 11.9 Å². The number of hydrogen-bond donors (Lipinski definition) is 2. The van der Waals surface area contributed by atoms with Gasteiger partial charge in [-0.3, -0.25) is 9.59 Å². The Morgan fingerprint density at radius 2 is 1.41 bits per heavy atom. The Hall–Kier alpha value is -2.36. The molecule has 1 aromatic rings. The number of carboxylic acids is 1. The SMILES string of the molecule is CCCCCCCCCCCC#CCCCCC(=O)O.CN1C2CCC1CC(OC(=O)C(CO)c1ccccc1)C2. The molecule has 0 aliphatic carbocycles. The Kier molecular flexibility index (Phi) is 18.1. The minimum absolute atomic E-state index is 0.00367.